The second-order valence-electron chi connectivity index (χ2n) is 8.38. The van der Waals surface area contributed by atoms with Crippen LogP contribution in [0.5, 0.6) is 0 Å². The molecule has 3 heterocycles. The molecule has 5 aromatic rings. The lowest BCUT2D eigenvalue weighted by molar-refractivity contribution is -0.137. The molecule has 0 saturated heterocycles. The van der Waals surface area contributed by atoms with Crippen LogP contribution in [0.1, 0.15) is 45.0 Å². The number of nitrogens with zero attached hydrogens (tertiary/aromatic N) is 3. The molecule has 0 amide bonds. The highest BCUT2D eigenvalue weighted by Gasteiger charge is 2.15. The van der Waals surface area contributed by atoms with Gasteiger partial charge in [-0.05, 0) is 41.1 Å². The van der Waals surface area contributed by atoms with Gasteiger partial charge in [-0.1, -0.05) is 23.4 Å². The van der Waals surface area contributed by atoms with Gasteiger partial charge in [0.05, 0.1) is 34.5 Å². The number of rotatable bonds is 10. The highest BCUT2D eigenvalue weighted by atomic mass is 32.1. The number of hydrogen-bond acceptors (Lipinski definition) is 8. The lowest BCUT2D eigenvalue weighted by atomic mass is 10.1. The number of Topliss-reactive ketones (excluding diaryl/α,β-unsaturated/α-hetero) is 2. The Morgan fingerprint density at radius 2 is 1.30 bits per heavy atom. The van der Waals surface area contributed by atoms with E-state index in [1.54, 1.807) is 23.0 Å². The first kappa shape index (κ1) is 24.5. The smallest absolute Gasteiger partial charge is 0.303 e. The van der Waals surface area contributed by atoms with Gasteiger partial charge < -0.3 is 10.2 Å². The Labute approximate surface area is 217 Å². The predicted molar refractivity (Wildman–Crippen MR) is 140 cm³/mol. The fraction of sp³-hybridized carbons (Fsp3) is 0.154. The third-order valence-electron chi connectivity index (χ3n) is 5.76. The Hall–Kier alpha value is -4.22. The summed E-state index contributed by atoms with van der Waals surface area (Å²) in [5.74, 6) is -2.37. The van der Waals surface area contributed by atoms with Crippen molar-refractivity contribution in [2.24, 2.45) is 0 Å². The van der Waals surface area contributed by atoms with Gasteiger partial charge in [0.1, 0.15) is 5.69 Å². The fourth-order valence-corrected chi connectivity index (χ4v) is 5.97. The molecule has 0 aliphatic carbocycles. The van der Waals surface area contributed by atoms with Gasteiger partial charge in [0.25, 0.3) is 0 Å². The standard InChI is InChI=1S/C26H19N3O6S2/c30-19(5-7-25(32)33)23-10-15-2-1-14(9-21(15)36-23)18-13-29(28-27-18)17-4-3-16-11-24(37-22(16)12-17)20(31)6-8-26(34)35/h1-4,9-13H,5-8H2,(H,32,33)(H,34,35). The number of aromatic nitrogens is 3. The molecule has 0 aliphatic heterocycles. The molecule has 2 aromatic carbocycles. The highest BCUT2D eigenvalue weighted by Crippen LogP contribution is 2.32. The second-order valence-corrected chi connectivity index (χ2v) is 10.5. The van der Waals surface area contributed by atoms with Crippen LogP contribution in [-0.2, 0) is 9.59 Å². The van der Waals surface area contributed by atoms with E-state index in [0.29, 0.717) is 15.4 Å². The van der Waals surface area contributed by atoms with Crippen LogP contribution < -0.4 is 0 Å². The van der Waals surface area contributed by atoms with E-state index in [9.17, 15) is 19.2 Å². The molecule has 0 radical (unpaired) electrons. The Morgan fingerprint density at radius 1 is 0.730 bits per heavy atom. The largest absolute Gasteiger partial charge is 0.481 e. The molecule has 37 heavy (non-hydrogen) atoms. The molecule has 2 N–H and O–H groups in total. The number of ketones is 2. The zero-order valence-electron chi connectivity index (χ0n) is 19.2. The molecule has 0 spiro atoms. The maximum absolute atomic E-state index is 12.3. The third kappa shape index (κ3) is 5.32. The van der Waals surface area contributed by atoms with E-state index in [1.165, 1.54) is 22.7 Å². The number of aliphatic carboxylic acids is 2. The number of carboxylic acid groups (broad SMARTS) is 2. The Bertz CT molecular complexity index is 1570. The number of carbonyl (C=O) groups is 4. The zero-order chi connectivity index (χ0) is 26.1. The summed E-state index contributed by atoms with van der Waals surface area (Å²) in [6.45, 7) is 0. The minimum absolute atomic E-state index is 0.0318. The van der Waals surface area contributed by atoms with Crippen LogP contribution in [0, 0.1) is 0 Å². The average Bonchev–Trinajstić information content (AvgIpc) is 3.62. The molecule has 3 aromatic heterocycles. The highest BCUT2D eigenvalue weighted by molar-refractivity contribution is 7.21. The fourth-order valence-electron chi connectivity index (χ4n) is 3.84. The summed E-state index contributed by atoms with van der Waals surface area (Å²) in [5, 5.41) is 28.0. The lowest BCUT2D eigenvalue weighted by Crippen LogP contribution is -2.01. The lowest BCUT2D eigenvalue weighted by Gasteiger charge is -2.00. The number of fused-ring (bicyclic) bond motifs is 2. The van der Waals surface area contributed by atoms with Crippen LogP contribution in [-0.4, -0.2) is 48.7 Å². The van der Waals surface area contributed by atoms with E-state index in [1.807, 2.05) is 36.4 Å². The van der Waals surface area contributed by atoms with Gasteiger partial charge in [0, 0.05) is 27.8 Å². The van der Waals surface area contributed by atoms with E-state index in [0.717, 1.165) is 31.4 Å². The van der Waals surface area contributed by atoms with Gasteiger partial charge in [0.2, 0.25) is 0 Å². The van der Waals surface area contributed by atoms with Crippen molar-refractivity contribution in [2.45, 2.75) is 25.7 Å². The first-order valence-electron chi connectivity index (χ1n) is 11.3. The average molecular weight is 534 g/mol. The summed E-state index contributed by atoms with van der Waals surface area (Å²) in [6.07, 6.45) is 1.34. The zero-order valence-corrected chi connectivity index (χ0v) is 20.8. The predicted octanol–water partition coefficient (Wildman–Crippen LogP) is 5.46. The van der Waals surface area contributed by atoms with Crippen molar-refractivity contribution in [3.05, 3.63) is 64.5 Å². The summed E-state index contributed by atoms with van der Waals surface area (Å²) < 4.78 is 3.42. The molecule has 0 fully saturated rings. The molecular weight excluding hydrogens is 514 g/mol. The van der Waals surface area contributed by atoms with Crippen molar-refractivity contribution >= 4 is 66.4 Å². The molecule has 0 bridgehead atoms. The van der Waals surface area contributed by atoms with Crippen LogP contribution in [0.25, 0.3) is 37.1 Å². The third-order valence-corrected chi connectivity index (χ3v) is 8.04. The van der Waals surface area contributed by atoms with Crippen molar-refractivity contribution in [2.75, 3.05) is 0 Å². The van der Waals surface area contributed by atoms with Crippen LogP contribution >= 0.6 is 22.7 Å². The van der Waals surface area contributed by atoms with Crippen LogP contribution in [0.2, 0.25) is 0 Å². The summed E-state index contributed by atoms with van der Waals surface area (Å²) in [7, 11) is 0. The van der Waals surface area contributed by atoms with Crippen LogP contribution in [0.3, 0.4) is 0 Å². The molecule has 0 aliphatic rings. The molecule has 186 valence electrons. The van der Waals surface area contributed by atoms with Crippen LogP contribution in [0.15, 0.2) is 54.7 Å². The molecule has 11 heteroatoms. The first-order chi connectivity index (χ1) is 17.8. The van der Waals surface area contributed by atoms with Gasteiger partial charge in [-0.2, -0.15) is 0 Å². The molecule has 0 unspecified atom stereocenters. The van der Waals surface area contributed by atoms with Crippen LogP contribution in [0.4, 0.5) is 0 Å². The van der Waals surface area contributed by atoms with E-state index in [4.69, 9.17) is 10.2 Å². The van der Waals surface area contributed by atoms with E-state index < -0.39 is 11.9 Å². The Morgan fingerprint density at radius 3 is 1.89 bits per heavy atom. The maximum Gasteiger partial charge on any atom is 0.303 e. The van der Waals surface area contributed by atoms with Gasteiger partial charge in [-0.25, -0.2) is 4.68 Å². The van der Waals surface area contributed by atoms with Crippen molar-refractivity contribution in [1.29, 1.82) is 0 Å². The molecule has 0 saturated carbocycles. The SMILES string of the molecule is O=C(O)CCC(=O)c1cc2ccc(-c3cn(-c4ccc5cc(C(=O)CCC(=O)O)sc5c4)nn3)cc2s1. The van der Waals surface area contributed by atoms with E-state index in [-0.39, 0.29) is 37.2 Å². The van der Waals surface area contributed by atoms with Gasteiger partial charge in [0.15, 0.2) is 11.6 Å². The van der Waals surface area contributed by atoms with Gasteiger partial charge >= 0.3 is 11.9 Å². The number of hydrogen-bond donors (Lipinski definition) is 2. The second kappa shape index (κ2) is 10.0. The molecule has 5 rings (SSSR count). The Kier molecular flexibility index (Phi) is 6.64. The number of thiophene rings is 2. The quantitative estimate of drug-likeness (QED) is 0.226. The first-order valence-corrected chi connectivity index (χ1v) is 12.9. The van der Waals surface area contributed by atoms with Crippen molar-refractivity contribution < 1.29 is 29.4 Å². The molecule has 9 nitrogen and oxygen atoms in total. The topological polar surface area (TPSA) is 139 Å². The Balaban J connectivity index is 1.37. The van der Waals surface area contributed by atoms with E-state index in [2.05, 4.69) is 10.3 Å². The summed E-state index contributed by atoms with van der Waals surface area (Å²) >= 11 is 2.64. The van der Waals surface area contributed by atoms with Crippen molar-refractivity contribution in [3.63, 3.8) is 0 Å². The van der Waals surface area contributed by atoms with Gasteiger partial charge in [-0.15, -0.1) is 27.8 Å². The number of carbonyl (C=O) groups excluding carboxylic acids is 2. The maximum atomic E-state index is 12.3. The minimum atomic E-state index is -0.998. The number of benzene rings is 2. The van der Waals surface area contributed by atoms with Gasteiger partial charge in [-0.3, -0.25) is 19.2 Å². The number of carboxylic acids is 2. The summed E-state index contributed by atoms with van der Waals surface area (Å²) in [5.41, 5.74) is 2.24. The monoisotopic (exact) mass is 533 g/mol. The van der Waals surface area contributed by atoms with Crippen molar-refractivity contribution in [1.82, 2.24) is 15.0 Å². The molecular formula is C26H19N3O6S2. The minimum Gasteiger partial charge on any atom is -0.481 e. The summed E-state index contributed by atoms with van der Waals surface area (Å²) in [6, 6.07) is 14.9. The molecule has 0 atom stereocenters. The normalized spacial score (nSPS) is 11.2. The van der Waals surface area contributed by atoms with Crippen molar-refractivity contribution in [3.8, 4) is 16.9 Å². The summed E-state index contributed by atoms with van der Waals surface area (Å²) in [4.78, 5) is 47.2. The van der Waals surface area contributed by atoms with E-state index >= 15 is 0 Å².